The van der Waals surface area contributed by atoms with Crippen LogP contribution >= 0.6 is 0 Å². The van der Waals surface area contributed by atoms with E-state index in [1.807, 2.05) is 35.2 Å². The molecule has 1 fully saturated rings. The first kappa shape index (κ1) is 13.1. The van der Waals surface area contributed by atoms with Crippen molar-refractivity contribution in [2.45, 2.75) is 25.4 Å². The van der Waals surface area contributed by atoms with Crippen molar-refractivity contribution < 1.29 is 14.6 Å². The predicted octanol–water partition coefficient (Wildman–Crippen LogP) is 1.75. The lowest BCUT2D eigenvalue weighted by molar-refractivity contribution is -0.139. The summed E-state index contributed by atoms with van der Waals surface area (Å²) >= 11 is 0. The predicted molar refractivity (Wildman–Crippen MR) is 68.3 cm³/mol. The number of carboxylic acid groups (broad SMARTS) is 1. The molecule has 18 heavy (non-hydrogen) atoms. The van der Waals surface area contributed by atoms with E-state index in [-0.39, 0.29) is 6.54 Å². The molecule has 0 bridgehead atoms. The summed E-state index contributed by atoms with van der Waals surface area (Å²) in [5.41, 5.74) is 1.16. The Hall–Kier alpha value is -1.39. The summed E-state index contributed by atoms with van der Waals surface area (Å²) < 4.78 is 5.33. The van der Waals surface area contributed by atoms with Crippen LogP contribution in [-0.4, -0.2) is 41.8 Å². The normalized spacial score (nSPS) is 16.9. The molecule has 0 saturated carbocycles. The fourth-order valence-electron chi connectivity index (χ4n) is 2.36. The average Bonchev–Trinajstić information content (AvgIpc) is 2.40. The van der Waals surface area contributed by atoms with E-state index in [9.17, 15) is 4.79 Å². The maximum absolute atomic E-state index is 11.0. The van der Waals surface area contributed by atoms with E-state index < -0.39 is 5.97 Å². The van der Waals surface area contributed by atoms with Crippen LogP contribution in [0.4, 0.5) is 0 Å². The van der Waals surface area contributed by atoms with Crippen molar-refractivity contribution >= 4 is 5.97 Å². The minimum Gasteiger partial charge on any atom is -0.480 e. The van der Waals surface area contributed by atoms with Gasteiger partial charge in [0.05, 0.1) is 6.54 Å². The summed E-state index contributed by atoms with van der Waals surface area (Å²) in [7, 11) is 0. The number of carbonyl (C=O) groups is 1. The van der Waals surface area contributed by atoms with Crippen LogP contribution in [0, 0.1) is 0 Å². The lowest BCUT2D eigenvalue weighted by Gasteiger charge is -2.33. The fourth-order valence-corrected chi connectivity index (χ4v) is 2.36. The molecule has 0 spiro atoms. The van der Waals surface area contributed by atoms with Crippen molar-refractivity contribution in [3.63, 3.8) is 0 Å². The maximum atomic E-state index is 11.0. The molecule has 0 aliphatic carbocycles. The molecule has 1 aliphatic rings. The van der Waals surface area contributed by atoms with E-state index in [2.05, 4.69) is 0 Å². The van der Waals surface area contributed by atoms with Gasteiger partial charge in [-0.15, -0.1) is 0 Å². The number of benzene rings is 1. The molecule has 0 radical (unpaired) electrons. The lowest BCUT2D eigenvalue weighted by atomic mass is 10.1. The van der Waals surface area contributed by atoms with Gasteiger partial charge in [-0.05, 0) is 18.4 Å². The Bertz CT molecular complexity index is 374. The Morgan fingerprint density at radius 3 is 2.56 bits per heavy atom. The Morgan fingerprint density at radius 2 is 1.94 bits per heavy atom. The van der Waals surface area contributed by atoms with E-state index in [4.69, 9.17) is 9.84 Å². The van der Waals surface area contributed by atoms with Crippen LogP contribution in [0.15, 0.2) is 30.3 Å². The molecule has 0 unspecified atom stereocenters. The van der Waals surface area contributed by atoms with E-state index >= 15 is 0 Å². The van der Waals surface area contributed by atoms with E-state index in [1.165, 1.54) is 0 Å². The Labute approximate surface area is 107 Å². The van der Waals surface area contributed by atoms with Gasteiger partial charge in [-0.2, -0.15) is 0 Å². The average molecular weight is 249 g/mol. The summed E-state index contributed by atoms with van der Waals surface area (Å²) in [6.07, 6.45) is 1.83. The Balaban J connectivity index is 2.02. The zero-order valence-corrected chi connectivity index (χ0v) is 10.4. The summed E-state index contributed by atoms with van der Waals surface area (Å²) in [6, 6.07) is 10.3. The molecule has 4 nitrogen and oxygen atoms in total. The SMILES string of the molecule is O=C(O)CN(Cc1ccccc1)C1CCOCC1. The highest BCUT2D eigenvalue weighted by atomic mass is 16.5. The molecule has 2 rings (SSSR count). The van der Waals surface area contributed by atoms with Crippen molar-refractivity contribution in [3.05, 3.63) is 35.9 Å². The molecule has 4 heteroatoms. The van der Waals surface area contributed by atoms with Gasteiger partial charge in [-0.3, -0.25) is 9.69 Å². The molecule has 1 N–H and O–H groups in total. The summed E-state index contributed by atoms with van der Waals surface area (Å²) in [6.45, 7) is 2.25. The standard InChI is InChI=1S/C14H19NO3/c16-14(17)11-15(13-6-8-18-9-7-13)10-12-4-2-1-3-5-12/h1-5,13H,6-11H2,(H,16,17). The summed E-state index contributed by atoms with van der Waals surface area (Å²) in [5, 5.41) is 9.02. The highest BCUT2D eigenvalue weighted by Gasteiger charge is 2.23. The van der Waals surface area contributed by atoms with Crippen molar-refractivity contribution in [1.29, 1.82) is 0 Å². The molecule has 0 atom stereocenters. The molecule has 1 aromatic rings. The number of hydrogen-bond acceptors (Lipinski definition) is 3. The van der Waals surface area contributed by atoms with Crippen LogP contribution in [-0.2, 0) is 16.1 Å². The first-order chi connectivity index (χ1) is 8.75. The van der Waals surface area contributed by atoms with E-state index in [1.54, 1.807) is 0 Å². The van der Waals surface area contributed by atoms with E-state index in [0.717, 1.165) is 31.6 Å². The number of nitrogens with zero attached hydrogens (tertiary/aromatic N) is 1. The zero-order valence-electron chi connectivity index (χ0n) is 10.4. The molecule has 1 aromatic carbocycles. The first-order valence-corrected chi connectivity index (χ1v) is 6.33. The van der Waals surface area contributed by atoms with Gasteiger partial charge in [-0.1, -0.05) is 30.3 Å². The maximum Gasteiger partial charge on any atom is 0.317 e. The second-order valence-corrected chi connectivity index (χ2v) is 4.63. The molecule has 0 amide bonds. The zero-order chi connectivity index (χ0) is 12.8. The van der Waals surface area contributed by atoms with Gasteiger partial charge in [0.15, 0.2) is 0 Å². The molecule has 98 valence electrons. The van der Waals surface area contributed by atoms with E-state index in [0.29, 0.717) is 12.6 Å². The van der Waals surface area contributed by atoms with Gasteiger partial charge >= 0.3 is 5.97 Å². The van der Waals surface area contributed by atoms with Gasteiger partial charge in [-0.25, -0.2) is 0 Å². The van der Waals surface area contributed by atoms with Gasteiger partial charge < -0.3 is 9.84 Å². The van der Waals surface area contributed by atoms with Crippen LogP contribution in [0.5, 0.6) is 0 Å². The van der Waals surface area contributed by atoms with Gasteiger partial charge in [0.2, 0.25) is 0 Å². The molecule has 1 aliphatic heterocycles. The second kappa shape index (κ2) is 6.52. The Morgan fingerprint density at radius 1 is 1.28 bits per heavy atom. The number of aliphatic carboxylic acids is 1. The third-order valence-electron chi connectivity index (χ3n) is 3.27. The highest BCUT2D eigenvalue weighted by molar-refractivity contribution is 5.69. The van der Waals surface area contributed by atoms with Crippen LogP contribution in [0.3, 0.4) is 0 Å². The molecule has 1 heterocycles. The largest absolute Gasteiger partial charge is 0.480 e. The molecular weight excluding hydrogens is 230 g/mol. The minimum absolute atomic E-state index is 0.0968. The number of ether oxygens (including phenoxy) is 1. The third-order valence-corrected chi connectivity index (χ3v) is 3.27. The first-order valence-electron chi connectivity index (χ1n) is 6.33. The van der Waals surface area contributed by atoms with Gasteiger partial charge in [0, 0.05) is 25.8 Å². The summed E-state index contributed by atoms with van der Waals surface area (Å²) in [5.74, 6) is -0.766. The monoisotopic (exact) mass is 249 g/mol. The van der Waals surface area contributed by atoms with Gasteiger partial charge in [0.1, 0.15) is 0 Å². The topological polar surface area (TPSA) is 49.8 Å². The van der Waals surface area contributed by atoms with Crippen LogP contribution in [0.1, 0.15) is 18.4 Å². The van der Waals surface area contributed by atoms with Crippen LogP contribution < -0.4 is 0 Å². The fraction of sp³-hybridized carbons (Fsp3) is 0.500. The smallest absolute Gasteiger partial charge is 0.317 e. The van der Waals surface area contributed by atoms with Crippen LogP contribution in [0.2, 0.25) is 0 Å². The van der Waals surface area contributed by atoms with Crippen molar-refractivity contribution in [1.82, 2.24) is 4.90 Å². The lowest BCUT2D eigenvalue weighted by Crippen LogP contribution is -2.41. The Kier molecular flexibility index (Phi) is 4.73. The third kappa shape index (κ3) is 3.82. The number of carboxylic acids is 1. The van der Waals surface area contributed by atoms with Crippen LogP contribution in [0.25, 0.3) is 0 Å². The molecular formula is C14H19NO3. The van der Waals surface area contributed by atoms with Crippen molar-refractivity contribution in [2.24, 2.45) is 0 Å². The number of hydrogen-bond donors (Lipinski definition) is 1. The molecule has 0 aromatic heterocycles. The quantitative estimate of drug-likeness (QED) is 0.863. The molecule has 1 saturated heterocycles. The highest BCUT2D eigenvalue weighted by Crippen LogP contribution is 2.17. The number of rotatable bonds is 5. The van der Waals surface area contributed by atoms with Crippen molar-refractivity contribution in [3.8, 4) is 0 Å². The summed E-state index contributed by atoms with van der Waals surface area (Å²) in [4.78, 5) is 13.0. The van der Waals surface area contributed by atoms with Gasteiger partial charge in [0.25, 0.3) is 0 Å². The second-order valence-electron chi connectivity index (χ2n) is 4.63. The minimum atomic E-state index is -0.766. The van der Waals surface area contributed by atoms with Crippen molar-refractivity contribution in [2.75, 3.05) is 19.8 Å².